The Labute approximate surface area is 163 Å². The summed E-state index contributed by atoms with van der Waals surface area (Å²) in [5, 5.41) is 8.96. The highest BCUT2D eigenvalue weighted by Crippen LogP contribution is 2.28. The first kappa shape index (κ1) is 18.5. The first-order valence-electron chi connectivity index (χ1n) is 9.59. The number of amides is 1. The molecule has 1 saturated heterocycles. The second kappa shape index (κ2) is 8.02. The SMILES string of the molecule is Cc1noc(C)c1COc1cc2ccccc2cc1C(=O)NC[C@H]1CCCO1. The Morgan fingerprint density at radius 2 is 2.04 bits per heavy atom. The fraction of sp³-hybridized carbons (Fsp3) is 0.364. The van der Waals surface area contributed by atoms with Gasteiger partial charge in [0.05, 0.1) is 22.9 Å². The van der Waals surface area contributed by atoms with Crippen LogP contribution < -0.4 is 10.1 Å². The Balaban J connectivity index is 1.59. The van der Waals surface area contributed by atoms with E-state index in [1.807, 2.05) is 50.2 Å². The van der Waals surface area contributed by atoms with Crippen molar-refractivity contribution in [1.29, 1.82) is 0 Å². The third-order valence-electron chi connectivity index (χ3n) is 5.16. The predicted molar refractivity (Wildman–Crippen MR) is 106 cm³/mol. The fourth-order valence-electron chi connectivity index (χ4n) is 3.48. The number of fused-ring (bicyclic) bond motifs is 1. The van der Waals surface area contributed by atoms with E-state index < -0.39 is 0 Å². The summed E-state index contributed by atoms with van der Waals surface area (Å²) in [6, 6.07) is 11.7. The lowest BCUT2D eigenvalue weighted by atomic mass is 10.0. The first-order valence-corrected chi connectivity index (χ1v) is 9.59. The molecule has 1 aliphatic rings. The van der Waals surface area contributed by atoms with Crippen LogP contribution in [-0.2, 0) is 11.3 Å². The Hall–Kier alpha value is -2.86. The Morgan fingerprint density at radius 1 is 1.25 bits per heavy atom. The summed E-state index contributed by atoms with van der Waals surface area (Å²) in [5.41, 5.74) is 2.21. The van der Waals surface area contributed by atoms with E-state index in [9.17, 15) is 4.79 Å². The summed E-state index contributed by atoms with van der Waals surface area (Å²) in [6.07, 6.45) is 2.12. The molecule has 0 saturated carbocycles. The minimum atomic E-state index is -0.157. The molecule has 1 aliphatic heterocycles. The number of nitrogens with zero attached hydrogens (tertiary/aromatic N) is 1. The smallest absolute Gasteiger partial charge is 0.255 e. The minimum Gasteiger partial charge on any atom is -0.488 e. The molecule has 6 heteroatoms. The highest BCUT2D eigenvalue weighted by atomic mass is 16.5. The van der Waals surface area contributed by atoms with Gasteiger partial charge in [0, 0.05) is 13.2 Å². The van der Waals surface area contributed by atoms with Gasteiger partial charge in [-0.25, -0.2) is 0 Å². The maximum absolute atomic E-state index is 12.9. The standard InChI is InChI=1S/C22H24N2O4/c1-14-20(15(2)28-24-14)13-27-21-11-17-7-4-3-6-16(17)10-19(21)22(25)23-12-18-8-5-9-26-18/h3-4,6-7,10-11,18H,5,8-9,12-13H2,1-2H3,(H,23,25)/t18-/m1/s1. The van der Waals surface area contributed by atoms with Crippen molar-refractivity contribution in [3.63, 3.8) is 0 Å². The van der Waals surface area contributed by atoms with E-state index in [-0.39, 0.29) is 12.0 Å². The summed E-state index contributed by atoms with van der Waals surface area (Å²) in [4.78, 5) is 12.9. The van der Waals surface area contributed by atoms with E-state index in [4.69, 9.17) is 14.0 Å². The van der Waals surface area contributed by atoms with E-state index in [1.54, 1.807) is 0 Å². The van der Waals surface area contributed by atoms with Gasteiger partial charge in [0.2, 0.25) is 0 Å². The molecule has 146 valence electrons. The predicted octanol–water partition coefficient (Wildman–Crippen LogP) is 3.93. The number of aromatic nitrogens is 1. The van der Waals surface area contributed by atoms with Crippen molar-refractivity contribution in [2.75, 3.05) is 13.2 Å². The van der Waals surface area contributed by atoms with Gasteiger partial charge in [0.1, 0.15) is 18.1 Å². The van der Waals surface area contributed by atoms with Crippen molar-refractivity contribution in [3.05, 3.63) is 59.0 Å². The van der Waals surface area contributed by atoms with Crippen molar-refractivity contribution in [3.8, 4) is 5.75 Å². The zero-order valence-electron chi connectivity index (χ0n) is 16.2. The zero-order valence-corrected chi connectivity index (χ0v) is 16.2. The molecule has 0 radical (unpaired) electrons. The molecule has 1 amide bonds. The molecule has 1 aromatic heterocycles. The van der Waals surface area contributed by atoms with Gasteiger partial charge in [0.15, 0.2) is 0 Å². The second-order valence-corrected chi connectivity index (χ2v) is 7.13. The summed E-state index contributed by atoms with van der Waals surface area (Å²) in [5.74, 6) is 1.11. The highest BCUT2D eigenvalue weighted by molar-refractivity contribution is 6.01. The van der Waals surface area contributed by atoms with Crippen molar-refractivity contribution in [2.45, 2.75) is 39.4 Å². The van der Waals surface area contributed by atoms with E-state index in [0.29, 0.717) is 24.5 Å². The number of benzene rings is 2. The van der Waals surface area contributed by atoms with Crippen LogP contribution in [0.25, 0.3) is 10.8 Å². The number of carbonyl (C=O) groups is 1. The number of hydrogen-bond acceptors (Lipinski definition) is 5. The minimum absolute atomic E-state index is 0.0936. The van der Waals surface area contributed by atoms with Crippen LogP contribution in [0.1, 0.15) is 40.2 Å². The lowest BCUT2D eigenvalue weighted by Gasteiger charge is -2.15. The van der Waals surface area contributed by atoms with Crippen LogP contribution in [0, 0.1) is 13.8 Å². The summed E-state index contributed by atoms with van der Waals surface area (Å²) in [6.45, 7) is 5.31. The largest absolute Gasteiger partial charge is 0.488 e. The topological polar surface area (TPSA) is 73.6 Å². The molecule has 3 aromatic rings. The fourth-order valence-corrected chi connectivity index (χ4v) is 3.48. The second-order valence-electron chi connectivity index (χ2n) is 7.13. The van der Waals surface area contributed by atoms with Gasteiger partial charge in [-0.2, -0.15) is 0 Å². The molecule has 1 fully saturated rings. The van der Waals surface area contributed by atoms with Crippen LogP contribution in [0.2, 0.25) is 0 Å². The van der Waals surface area contributed by atoms with E-state index in [1.165, 1.54) is 0 Å². The summed E-state index contributed by atoms with van der Waals surface area (Å²) >= 11 is 0. The molecule has 0 unspecified atom stereocenters. The van der Waals surface area contributed by atoms with Gasteiger partial charge in [-0.1, -0.05) is 29.4 Å². The normalized spacial score (nSPS) is 16.4. The maximum atomic E-state index is 12.9. The van der Waals surface area contributed by atoms with Gasteiger partial charge in [-0.05, 0) is 49.6 Å². The third kappa shape index (κ3) is 3.87. The number of ether oxygens (including phenoxy) is 2. The quantitative estimate of drug-likeness (QED) is 0.701. The van der Waals surface area contributed by atoms with E-state index in [0.717, 1.165) is 47.2 Å². The number of rotatable bonds is 6. The van der Waals surface area contributed by atoms with Crippen LogP contribution in [0.4, 0.5) is 0 Å². The number of nitrogens with one attached hydrogen (secondary N) is 1. The first-order chi connectivity index (χ1) is 13.6. The Morgan fingerprint density at radius 3 is 2.71 bits per heavy atom. The van der Waals surface area contributed by atoms with E-state index in [2.05, 4.69) is 10.5 Å². The summed E-state index contributed by atoms with van der Waals surface area (Å²) in [7, 11) is 0. The molecule has 0 bridgehead atoms. The molecule has 1 N–H and O–H groups in total. The lowest BCUT2D eigenvalue weighted by Crippen LogP contribution is -2.32. The average Bonchev–Trinajstić information content (AvgIpc) is 3.34. The van der Waals surface area contributed by atoms with Crippen LogP contribution in [0.3, 0.4) is 0 Å². The molecule has 2 heterocycles. The van der Waals surface area contributed by atoms with Gasteiger partial charge < -0.3 is 19.3 Å². The van der Waals surface area contributed by atoms with Gasteiger partial charge >= 0.3 is 0 Å². The average molecular weight is 380 g/mol. The lowest BCUT2D eigenvalue weighted by molar-refractivity contribution is 0.0854. The molecule has 6 nitrogen and oxygen atoms in total. The van der Waals surface area contributed by atoms with Crippen LogP contribution in [0.5, 0.6) is 5.75 Å². The van der Waals surface area contributed by atoms with E-state index >= 15 is 0 Å². The van der Waals surface area contributed by atoms with Gasteiger partial charge in [-0.15, -0.1) is 0 Å². The molecule has 4 rings (SSSR count). The van der Waals surface area contributed by atoms with Crippen molar-refractivity contribution >= 4 is 16.7 Å². The number of carbonyl (C=O) groups excluding carboxylic acids is 1. The Bertz CT molecular complexity index is 970. The van der Waals surface area contributed by atoms with Crippen LogP contribution in [0.15, 0.2) is 40.9 Å². The van der Waals surface area contributed by atoms with Crippen LogP contribution >= 0.6 is 0 Å². The van der Waals surface area contributed by atoms with Crippen molar-refractivity contribution < 1.29 is 18.8 Å². The third-order valence-corrected chi connectivity index (χ3v) is 5.16. The van der Waals surface area contributed by atoms with Gasteiger partial charge in [-0.3, -0.25) is 4.79 Å². The van der Waals surface area contributed by atoms with Gasteiger partial charge in [0.25, 0.3) is 5.91 Å². The number of aryl methyl sites for hydroxylation is 2. The molecule has 28 heavy (non-hydrogen) atoms. The number of hydrogen-bond donors (Lipinski definition) is 1. The molecule has 0 aliphatic carbocycles. The maximum Gasteiger partial charge on any atom is 0.255 e. The van der Waals surface area contributed by atoms with Crippen molar-refractivity contribution in [1.82, 2.24) is 10.5 Å². The molecule has 0 spiro atoms. The molecule has 2 aromatic carbocycles. The van der Waals surface area contributed by atoms with Crippen molar-refractivity contribution in [2.24, 2.45) is 0 Å². The Kier molecular flexibility index (Phi) is 5.30. The highest BCUT2D eigenvalue weighted by Gasteiger charge is 2.20. The summed E-state index contributed by atoms with van der Waals surface area (Å²) < 4.78 is 16.9. The molecular weight excluding hydrogens is 356 g/mol. The zero-order chi connectivity index (χ0) is 19.5. The molecular formula is C22H24N2O4. The monoisotopic (exact) mass is 380 g/mol. The van der Waals surface area contributed by atoms with Crippen LogP contribution in [-0.4, -0.2) is 30.3 Å². The molecule has 1 atom stereocenters.